The quantitative estimate of drug-likeness (QED) is 0.163. The minimum Gasteiger partial charge on any atom is -0.867 e. The lowest BCUT2D eigenvalue weighted by Crippen LogP contribution is -2.42. The molecule has 0 spiro atoms. The Labute approximate surface area is 150 Å². The van der Waals surface area contributed by atoms with Crippen molar-refractivity contribution in [3.8, 4) is 0 Å². The molecule has 1 aromatic carbocycles. The van der Waals surface area contributed by atoms with Gasteiger partial charge in [0.05, 0.1) is 4.92 Å². The molecule has 2 rings (SSSR count). The van der Waals surface area contributed by atoms with E-state index in [2.05, 4.69) is 11.9 Å². The van der Waals surface area contributed by atoms with Crippen LogP contribution in [0.2, 0.25) is 0 Å². The molecule has 0 atom stereocenters. The van der Waals surface area contributed by atoms with Crippen molar-refractivity contribution in [3.05, 3.63) is 82.7 Å². The third-order valence-corrected chi connectivity index (χ3v) is 3.70. The van der Waals surface area contributed by atoms with E-state index in [1.54, 1.807) is 29.1 Å². The average molecular weight is 355 g/mol. The highest BCUT2D eigenvalue weighted by atomic mass is 32.1. The highest BCUT2D eigenvalue weighted by Gasteiger charge is 2.19. The topological polar surface area (TPSA) is 82.1 Å². The molecular formula is C18H17N3O3S. The average Bonchev–Trinajstić information content (AvgIpc) is 2.60. The number of aromatic nitrogens is 1. The molecule has 1 heterocycles. The van der Waals surface area contributed by atoms with E-state index >= 15 is 0 Å². The van der Waals surface area contributed by atoms with Crippen LogP contribution in [0.1, 0.15) is 11.1 Å². The summed E-state index contributed by atoms with van der Waals surface area (Å²) in [6.45, 7) is 5.91. The van der Waals surface area contributed by atoms with E-state index in [1.807, 2.05) is 13.0 Å². The van der Waals surface area contributed by atoms with Crippen LogP contribution in [0, 0.1) is 17.0 Å². The first-order valence-corrected chi connectivity index (χ1v) is 7.88. The summed E-state index contributed by atoms with van der Waals surface area (Å²) < 4.78 is 1.62. The van der Waals surface area contributed by atoms with Gasteiger partial charge in [-0.15, -0.1) is 6.58 Å². The van der Waals surface area contributed by atoms with Gasteiger partial charge >= 0.3 is 0 Å². The van der Waals surface area contributed by atoms with Crippen LogP contribution in [0.4, 0.5) is 5.69 Å². The van der Waals surface area contributed by atoms with E-state index in [9.17, 15) is 15.2 Å². The van der Waals surface area contributed by atoms with Crippen molar-refractivity contribution in [1.29, 1.82) is 0 Å². The van der Waals surface area contributed by atoms with Gasteiger partial charge in [0, 0.05) is 30.3 Å². The van der Waals surface area contributed by atoms with Crippen LogP contribution in [0.25, 0.3) is 11.5 Å². The molecule has 6 nitrogen and oxygen atoms in total. The van der Waals surface area contributed by atoms with Gasteiger partial charge in [-0.3, -0.25) is 10.1 Å². The zero-order chi connectivity index (χ0) is 18.4. The van der Waals surface area contributed by atoms with Gasteiger partial charge in [-0.2, -0.15) is 4.57 Å². The number of aryl methyl sites for hydroxylation is 1. The molecule has 0 aliphatic rings. The number of nitro benzene ring substituents is 1. The largest absolute Gasteiger partial charge is 0.867 e. The summed E-state index contributed by atoms with van der Waals surface area (Å²) in [5.74, 6) is -0.402. The lowest BCUT2D eigenvalue weighted by atomic mass is 10.1. The fraction of sp³-hybridized carbons (Fsp3) is 0.111. The SMILES string of the molecule is C=CCNC(=S)C(=C([O-])c1cccc([N+](=O)[O-])c1)[n+]1cccc(C)c1. The van der Waals surface area contributed by atoms with Gasteiger partial charge in [-0.25, -0.2) is 0 Å². The number of hydrogen-bond acceptors (Lipinski definition) is 4. The number of pyridine rings is 1. The van der Waals surface area contributed by atoms with Crippen molar-refractivity contribution in [2.75, 3.05) is 6.54 Å². The zero-order valence-electron chi connectivity index (χ0n) is 13.6. The van der Waals surface area contributed by atoms with Crippen molar-refractivity contribution < 1.29 is 14.6 Å². The lowest BCUT2D eigenvalue weighted by Gasteiger charge is -2.16. The zero-order valence-corrected chi connectivity index (χ0v) is 14.5. The smallest absolute Gasteiger partial charge is 0.270 e. The van der Waals surface area contributed by atoms with E-state index in [-0.39, 0.29) is 21.9 Å². The molecule has 0 aliphatic carbocycles. The summed E-state index contributed by atoms with van der Waals surface area (Å²) in [7, 11) is 0. The molecule has 0 saturated heterocycles. The molecule has 0 aliphatic heterocycles. The molecular weight excluding hydrogens is 338 g/mol. The predicted octanol–water partition coefficient (Wildman–Crippen LogP) is 1.98. The molecule has 25 heavy (non-hydrogen) atoms. The standard InChI is InChI=1S/C18H17N3O3S/c1-3-9-19-18(25)16(20-10-5-6-13(2)12-20)17(22)14-7-4-8-15(11-14)21(23)24/h3-8,10-12H,1,9H2,2H3,(H-,19,22,25). The third-order valence-electron chi connectivity index (χ3n) is 3.36. The number of nitrogens with zero attached hydrogens (tertiary/aromatic N) is 2. The Hall–Kier alpha value is -3.06. The molecule has 1 N–H and O–H groups in total. The van der Waals surface area contributed by atoms with Crippen LogP contribution >= 0.6 is 12.2 Å². The minimum atomic E-state index is -0.537. The van der Waals surface area contributed by atoms with Crippen LogP contribution < -0.4 is 15.0 Å². The van der Waals surface area contributed by atoms with Gasteiger partial charge in [-0.1, -0.05) is 30.4 Å². The van der Waals surface area contributed by atoms with Gasteiger partial charge in [0.25, 0.3) is 5.69 Å². The monoisotopic (exact) mass is 355 g/mol. The van der Waals surface area contributed by atoms with Crippen LogP contribution in [0.3, 0.4) is 0 Å². The Morgan fingerprint density at radius 1 is 1.40 bits per heavy atom. The molecule has 0 bridgehead atoms. The number of benzene rings is 1. The molecule has 0 saturated carbocycles. The number of hydrogen-bond donors (Lipinski definition) is 1. The Balaban J connectivity index is 2.61. The van der Waals surface area contributed by atoms with Gasteiger partial charge in [0.15, 0.2) is 17.4 Å². The summed E-state index contributed by atoms with van der Waals surface area (Å²) in [6.07, 6.45) is 5.11. The summed E-state index contributed by atoms with van der Waals surface area (Å²) in [6, 6.07) is 9.28. The highest BCUT2D eigenvalue weighted by Crippen LogP contribution is 2.20. The van der Waals surface area contributed by atoms with Crippen molar-refractivity contribution >= 4 is 34.3 Å². The normalized spacial score (nSPS) is 11.4. The minimum absolute atomic E-state index is 0.149. The third kappa shape index (κ3) is 4.48. The van der Waals surface area contributed by atoms with E-state index in [4.69, 9.17) is 12.2 Å². The molecule has 0 fully saturated rings. The summed E-state index contributed by atoms with van der Waals surface area (Å²) in [5, 5.41) is 26.9. The van der Waals surface area contributed by atoms with E-state index < -0.39 is 10.7 Å². The van der Waals surface area contributed by atoms with E-state index in [0.717, 1.165) is 5.56 Å². The van der Waals surface area contributed by atoms with Crippen molar-refractivity contribution in [3.63, 3.8) is 0 Å². The molecule has 0 amide bonds. The maximum absolute atomic E-state index is 13.0. The van der Waals surface area contributed by atoms with Gasteiger partial charge in [-0.05, 0) is 24.3 Å². The molecule has 0 radical (unpaired) electrons. The van der Waals surface area contributed by atoms with Crippen LogP contribution in [0.5, 0.6) is 0 Å². The Morgan fingerprint density at radius 3 is 2.80 bits per heavy atom. The van der Waals surface area contributed by atoms with Gasteiger partial charge in [0.2, 0.25) is 5.70 Å². The second-order valence-electron chi connectivity index (χ2n) is 5.27. The first kappa shape index (κ1) is 18.3. The summed E-state index contributed by atoms with van der Waals surface area (Å²) in [4.78, 5) is 10.7. The fourth-order valence-corrected chi connectivity index (χ4v) is 2.50. The number of non-ortho nitro benzene ring substituents is 1. The number of nitrogens with one attached hydrogen (secondary N) is 1. The Morgan fingerprint density at radius 2 is 2.16 bits per heavy atom. The molecule has 0 unspecified atom stereocenters. The first-order valence-electron chi connectivity index (χ1n) is 7.47. The second-order valence-corrected chi connectivity index (χ2v) is 5.68. The maximum Gasteiger partial charge on any atom is 0.270 e. The molecule has 1 aromatic heterocycles. The Bertz CT molecular complexity index is 862. The van der Waals surface area contributed by atoms with E-state index in [1.165, 1.54) is 24.3 Å². The molecule has 128 valence electrons. The van der Waals surface area contributed by atoms with Crippen molar-refractivity contribution in [2.45, 2.75) is 6.92 Å². The number of nitro groups is 1. The first-order chi connectivity index (χ1) is 11.9. The second kappa shape index (κ2) is 8.16. The lowest BCUT2D eigenvalue weighted by molar-refractivity contribution is -0.578. The van der Waals surface area contributed by atoms with Crippen LogP contribution in [0.15, 0.2) is 61.4 Å². The Kier molecular flexibility index (Phi) is 5.97. The van der Waals surface area contributed by atoms with Gasteiger partial charge in [0.1, 0.15) is 0 Å². The van der Waals surface area contributed by atoms with Gasteiger partial charge < -0.3 is 10.4 Å². The maximum atomic E-state index is 13.0. The van der Waals surface area contributed by atoms with Crippen molar-refractivity contribution in [2.24, 2.45) is 0 Å². The van der Waals surface area contributed by atoms with Crippen molar-refractivity contribution in [1.82, 2.24) is 5.32 Å². The predicted molar refractivity (Wildman–Crippen MR) is 98.4 cm³/mol. The van der Waals surface area contributed by atoms with Crippen LogP contribution in [-0.4, -0.2) is 16.5 Å². The van der Waals surface area contributed by atoms with E-state index in [0.29, 0.717) is 6.54 Å². The number of rotatable bonds is 6. The molecule has 7 heteroatoms. The highest BCUT2D eigenvalue weighted by molar-refractivity contribution is 7.81. The summed E-state index contributed by atoms with van der Waals surface area (Å²) >= 11 is 5.36. The fourth-order valence-electron chi connectivity index (χ4n) is 2.22. The summed E-state index contributed by atoms with van der Waals surface area (Å²) in [5.41, 5.74) is 1.21. The molecule has 2 aromatic rings. The van der Waals surface area contributed by atoms with Crippen LogP contribution in [-0.2, 0) is 0 Å². The number of thiocarbonyl (C=S) groups is 1.